The van der Waals surface area contributed by atoms with Gasteiger partial charge in [0.05, 0.1) is 5.92 Å². The van der Waals surface area contributed by atoms with Crippen LogP contribution in [0.25, 0.3) is 0 Å². The normalized spacial score (nSPS) is 24.1. The van der Waals surface area contributed by atoms with E-state index >= 15 is 0 Å². The van der Waals surface area contributed by atoms with Crippen LogP contribution >= 0.6 is 0 Å². The summed E-state index contributed by atoms with van der Waals surface area (Å²) in [5, 5.41) is 6.62. The van der Waals surface area contributed by atoms with Gasteiger partial charge in [-0.3, -0.25) is 4.79 Å². The van der Waals surface area contributed by atoms with Gasteiger partial charge in [-0.2, -0.15) is 0 Å². The number of piperidine rings is 1. The molecule has 3 atom stereocenters. The molecule has 0 saturated carbocycles. The molecule has 1 saturated heterocycles. The fraction of sp³-hybridized carbons (Fsp3) is 0.588. The van der Waals surface area contributed by atoms with E-state index < -0.39 is 0 Å². The van der Waals surface area contributed by atoms with E-state index in [9.17, 15) is 4.79 Å². The van der Waals surface area contributed by atoms with Crippen molar-refractivity contribution in [2.45, 2.75) is 45.1 Å². The molecule has 20 heavy (non-hydrogen) atoms. The Labute approximate surface area is 122 Å². The van der Waals surface area contributed by atoms with Crippen LogP contribution in [-0.2, 0) is 4.79 Å². The van der Waals surface area contributed by atoms with Crippen molar-refractivity contribution in [1.82, 2.24) is 10.6 Å². The number of carbonyl (C=O) groups is 1. The average molecular weight is 274 g/mol. The van der Waals surface area contributed by atoms with Crippen LogP contribution in [0.4, 0.5) is 0 Å². The van der Waals surface area contributed by atoms with Gasteiger partial charge >= 0.3 is 0 Å². The van der Waals surface area contributed by atoms with Crippen molar-refractivity contribution < 1.29 is 4.79 Å². The molecule has 3 unspecified atom stereocenters. The smallest absolute Gasteiger partial charge is 0.227 e. The van der Waals surface area contributed by atoms with Crippen molar-refractivity contribution in [2.24, 2.45) is 5.92 Å². The SMILES string of the molecule is CCCC(C(=O)NC1CNCCC1C)c1ccccc1. The van der Waals surface area contributed by atoms with Crippen LogP contribution < -0.4 is 10.6 Å². The van der Waals surface area contributed by atoms with E-state index in [-0.39, 0.29) is 17.9 Å². The van der Waals surface area contributed by atoms with Crippen LogP contribution in [0.2, 0.25) is 0 Å². The van der Waals surface area contributed by atoms with E-state index in [1.165, 1.54) is 0 Å². The Morgan fingerprint density at radius 1 is 1.40 bits per heavy atom. The summed E-state index contributed by atoms with van der Waals surface area (Å²) >= 11 is 0. The first-order chi connectivity index (χ1) is 9.72. The van der Waals surface area contributed by atoms with Crippen molar-refractivity contribution in [3.05, 3.63) is 35.9 Å². The predicted octanol–water partition coefficient (Wildman–Crippen LogP) is 2.68. The zero-order chi connectivity index (χ0) is 14.4. The lowest BCUT2D eigenvalue weighted by Crippen LogP contribution is -2.51. The van der Waals surface area contributed by atoms with Gasteiger partial charge in [0.15, 0.2) is 0 Å². The van der Waals surface area contributed by atoms with Gasteiger partial charge in [-0.05, 0) is 30.9 Å². The lowest BCUT2D eigenvalue weighted by atomic mass is 9.91. The number of benzene rings is 1. The number of amides is 1. The lowest BCUT2D eigenvalue weighted by molar-refractivity contribution is -0.123. The number of hydrogen-bond donors (Lipinski definition) is 2. The van der Waals surface area contributed by atoms with Crippen LogP contribution in [0.5, 0.6) is 0 Å². The minimum Gasteiger partial charge on any atom is -0.351 e. The fourth-order valence-corrected chi connectivity index (χ4v) is 2.89. The van der Waals surface area contributed by atoms with E-state index in [1.54, 1.807) is 0 Å². The van der Waals surface area contributed by atoms with Gasteiger partial charge in [0.1, 0.15) is 0 Å². The minimum absolute atomic E-state index is 0.0182. The maximum atomic E-state index is 12.6. The summed E-state index contributed by atoms with van der Waals surface area (Å²) in [7, 11) is 0. The largest absolute Gasteiger partial charge is 0.351 e. The molecule has 1 fully saturated rings. The maximum absolute atomic E-state index is 12.6. The van der Waals surface area contributed by atoms with E-state index in [0.717, 1.165) is 37.9 Å². The lowest BCUT2D eigenvalue weighted by Gasteiger charge is -2.31. The van der Waals surface area contributed by atoms with Gasteiger partial charge in [-0.15, -0.1) is 0 Å². The second-order valence-electron chi connectivity index (χ2n) is 5.84. The molecule has 0 bridgehead atoms. The Morgan fingerprint density at radius 3 is 2.80 bits per heavy atom. The quantitative estimate of drug-likeness (QED) is 0.867. The molecule has 0 radical (unpaired) electrons. The molecule has 1 aliphatic heterocycles. The Balaban J connectivity index is 2.03. The highest BCUT2D eigenvalue weighted by Gasteiger charge is 2.26. The highest BCUT2D eigenvalue weighted by molar-refractivity contribution is 5.83. The molecule has 1 aromatic rings. The molecule has 0 spiro atoms. The van der Waals surface area contributed by atoms with E-state index in [0.29, 0.717) is 5.92 Å². The topological polar surface area (TPSA) is 41.1 Å². The first-order valence-corrected chi connectivity index (χ1v) is 7.78. The van der Waals surface area contributed by atoms with Crippen LogP contribution in [0, 0.1) is 5.92 Å². The summed E-state index contributed by atoms with van der Waals surface area (Å²) in [4.78, 5) is 12.6. The van der Waals surface area contributed by atoms with Crippen LogP contribution in [0.1, 0.15) is 44.6 Å². The third-order valence-corrected chi connectivity index (χ3v) is 4.25. The standard InChI is InChI=1S/C17H26N2O/c1-3-7-15(14-8-5-4-6-9-14)17(20)19-16-12-18-11-10-13(16)2/h4-6,8-9,13,15-16,18H,3,7,10-12H2,1-2H3,(H,19,20). The van der Waals surface area contributed by atoms with Crippen LogP contribution in [-0.4, -0.2) is 25.0 Å². The molecule has 2 N–H and O–H groups in total. The monoisotopic (exact) mass is 274 g/mol. The predicted molar refractivity (Wildman–Crippen MR) is 82.7 cm³/mol. The van der Waals surface area contributed by atoms with Gasteiger partial charge in [-0.25, -0.2) is 0 Å². The summed E-state index contributed by atoms with van der Waals surface area (Å²) in [5.74, 6) is 0.715. The molecular formula is C17H26N2O. The van der Waals surface area contributed by atoms with Crippen molar-refractivity contribution in [1.29, 1.82) is 0 Å². The van der Waals surface area contributed by atoms with Crippen molar-refractivity contribution in [3.8, 4) is 0 Å². The van der Waals surface area contributed by atoms with Crippen molar-refractivity contribution in [2.75, 3.05) is 13.1 Å². The Morgan fingerprint density at radius 2 is 2.15 bits per heavy atom. The molecule has 3 nitrogen and oxygen atoms in total. The fourth-order valence-electron chi connectivity index (χ4n) is 2.89. The molecule has 0 aromatic heterocycles. The van der Waals surface area contributed by atoms with Gasteiger partial charge < -0.3 is 10.6 Å². The van der Waals surface area contributed by atoms with Crippen LogP contribution in [0.3, 0.4) is 0 Å². The molecule has 0 aliphatic carbocycles. The zero-order valence-corrected chi connectivity index (χ0v) is 12.6. The Kier molecular flexibility index (Phi) is 5.60. The summed E-state index contributed by atoms with van der Waals surface area (Å²) < 4.78 is 0. The number of nitrogens with one attached hydrogen (secondary N) is 2. The molecule has 1 heterocycles. The highest BCUT2D eigenvalue weighted by atomic mass is 16.1. The van der Waals surface area contributed by atoms with Gasteiger partial charge in [0.2, 0.25) is 5.91 Å². The van der Waals surface area contributed by atoms with Gasteiger partial charge in [-0.1, -0.05) is 50.6 Å². The zero-order valence-electron chi connectivity index (χ0n) is 12.6. The summed E-state index contributed by atoms with van der Waals surface area (Å²) in [6, 6.07) is 10.4. The van der Waals surface area contributed by atoms with Gasteiger partial charge in [0, 0.05) is 12.6 Å². The second-order valence-corrected chi connectivity index (χ2v) is 5.84. The molecular weight excluding hydrogens is 248 g/mol. The number of rotatable bonds is 5. The summed E-state index contributed by atoms with van der Waals surface area (Å²) in [6.07, 6.45) is 3.06. The first kappa shape index (κ1) is 15.0. The molecule has 110 valence electrons. The molecule has 2 rings (SSSR count). The van der Waals surface area contributed by atoms with Gasteiger partial charge in [0.25, 0.3) is 0 Å². The Hall–Kier alpha value is -1.35. The third kappa shape index (κ3) is 3.83. The highest BCUT2D eigenvalue weighted by Crippen LogP contribution is 2.22. The van der Waals surface area contributed by atoms with E-state index in [4.69, 9.17) is 0 Å². The van der Waals surface area contributed by atoms with Crippen molar-refractivity contribution >= 4 is 5.91 Å². The van der Waals surface area contributed by atoms with E-state index in [1.807, 2.05) is 18.2 Å². The van der Waals surface area contributed by atoms with E-state index in [2.05, 4.69) is 36.6 Å². The molecule has 1 aliphatic rings. The summed E-state index contributed by atoms with van der Waals surface area (Å²) in [5.41, 5.74) is 1.13. The molecule has 1 aromatic carbocycles. The van der Waals surface area contributed by atoms with Crippen LogP contribution in [0.15, 0.2) is 30.3 Å². The Bertz CT molecular complexity index is 418. The molecule has 3 heteroatoms. The number of hydrogen-bond acceptors (Lipinski definition) is 2. The molecule has 1 amide bonds. The average Bonchev–Trinajstić information content (AvgIpc) is 2.48. The minimum atomic E-state index is -0.0182. The maximum Gasteiger partial charge on any atom is 0.227 e. The summed E-state index contributed by atoms with van der Waals surface area (Å²) in [6.45, 7) is 6.31. The number of carbonyl (C=O) groups excluding carboxylic acids is 1. The first-order valence-electron chi connectivity index (χ1n) is 7.78. The second kappa shape index (κ2) is 7.44. The van der Waals surface area contributed by atoms with Crippen molar-refractivity contribution in [3.63, 3.8) is 0 Å². The third-order valence-electron chi connectivity index (χ3n) is 4.25.